The Kier molecular flexibility index (Phi) is 5.82. The first-order chi connectivity index (χ1) is 10.1. The van der Waals surface area contributed by atoms with Gasteiger partial charge in [-0.3, -0.25) is 9.48 Å². The summed E-state index contributed by atoms with van der Waals surface area (Å²) in [5.74, 6) is 0.0159. The summed E-state index contributed by atoms with van der Waals surface area (Å²) in [6.07, 6.45) is 8.46. The van der Waals surface area contributed by atoms with E-state index in [-0.39, 0.29) is 5.78 Å². The van der Waals surface area contributed by atoms with E-state index in [1.54, 1.807) is 10.9 Å². The zero-order valence-electron chi connectivity index (χ0n) is 13.0. The van der Waals surface area contributed by atoms with Crippen LogP contribution in [0.2, 0.25) is 5.02 Å². The van der Waals surface area contributed by atoms with E-state index >= 15 is 0 Å². The van der Waals surface area contributed by atoms with Crippen molar-refractivity contribution in [1.29, 1.82) is 0 Å². The third-order valence-corrected chi connectivity index (χ3v) is 4.47. The van der Waals surface area contributed by atoms with Gasteiger partial charge in [-0.15, -0.1) is 0 Å². The van der Waals surface area contributed by atoms with E-state index in [0.717, 1.165) is 32.1 Å². The molecule has 4 nitrogen and oxygen atoms in total. The Morgan fingerprint density at radius 1 is 1.33 bits per heavy atom. The lowest BCUT2D eigenvalue weighted by Gasteiger charge is -2.31. The predicted molar refractivity (Wildman–Crippen MR) is 83.9 cm³/mol. The second kappa shape index (κ2) is 7.41. The summed E-state index contributed by atoms with van der Waals surface area (Å²) >= 11 is 6.24. The van der Waals surface area contributed by atoms with Crippen molar-refractivity contribution in [1.82, 2.24) is 9.78 Å². The molecule has 1 saturated carbocycles. The molecule has 1 aromatic heterocycles. The molecule has 21 heavy (non-hydrogen) atoms. The maximum atomic E-state index is 13.2. The zero-order valence-corrected chi connectivity index (χ0v) is 13.8. The van der Waals surface area contributed by atoms with Gasteiger partial charge < -0.3 is 4.74 Å². The number of hydrogen-bond acceptors (Lipinski definition) is 3. The Balaban J connectivity index is 2.35. The van der Waals surface area contributed by atoms with E-state index in [9.17, 15) is 4.79 Å². The number of carbonyl (C=O) groups is 1. The molecule has 1 heterocycles. The molecule has 5 heteroatoms. The first-order valence-corrected chi connectivity index (χ1v) is 8.42. The van der Waals surface area contributed by atoms with Gasteiger partial charge in [-0.1, -0.05) is 44.2 Å². The summed E-state index contributed by atoms with van der Waals surface area (Å²) < 4.78 is 7.71. The van der Waals surface area contributed by atoms with Gasteiger partial charge >= 0.3 is 0 Å². The van der Waals surface area contributed by atoms with Gasteiger partial charge in [0.1, 0.15) is 11.3 Å². The van der Waals surface area contributed by atoms with Gasteiger partial charge in [-0.05, 0) is 26.2 Å². The third-order valence-electron chi connectivity index (χ3n) is 4.19. The SMILES string of the molecule is CCCn1ncc(Cl)c1C(=O)C1(OCC)CCCCCC1. The molecule has 0 radical (unpaired) electrons. The largest absolute Gasteiger partial charge is 0.367 e. The molecule has 1 fully saturated rings. The number of nitrogens with zero attached hydrogens (tertiary/aromatic N) is 2. The fourth-order valence-electron chi connectivity index (χ4n) is 3.20. The highest BCUT2D eigenvalue weighted by Crippen LogP contribution is 2.35. The monoisotopic (exact) mass is 312 g/mol. The molecule has 0 N–H and O–H groups in total. The quantitative estimate of drug-likeness (QED) is 0.582. The highest BCUT2D eigenvalue weighted by atomic mass is 35.5. The van der Waals surface area contributed by atoms with Crippen molar-refractivity contribution in [3.05, 3.63) is 16.9 Å². The number of ether oxygens (including phenoxy) is 1. The fourth-order valence-corrected chi connectivity index (χ4v) is 3.43. The van der Waals surface area contributed by atoms with E-state index in [2.05, 4.69) is 12.0 Å². The number of rotatable bonds is 6. The molecule has 0 aliphatic heterocycles. The number of carbonyl (C=O) groups excluding carboxylic acids is 1. The second-order valence-electron chi connectivity index (χ2n) is 5.73. The summed E-state index contributed by atoms with van der Waals surface area (Å²) in [7, 11) is 0. The smallest absolute Gasteiger partial charge is 0.214 e. The maximum Gasteiger partial charge on any atom is 0.214 e. The van der Waals surface area contributed by atoms with Crippen molar-refractivity contribution in [2.45, 2.75) is 70.9 Å². The lowest BCUT2D eigenvalue weighted by atomic mass is 9.87. The summed E-state index contributed by atoms with van der Waals surface area (Å²) in [5, 5.41) is 4.69. The Morgan fingerprint density at radius 2 is 2.00 bits per heavy atom. The third kappa shape index (κ3) is 3.49. The Morgan fingerprint density at radius 3 is 2.57 bits per heavy atom. The highest BCUT2D eigenvalue weighted by Gasteiger charge is 2.42. The minimum Gasteiger partial charge on any atom is -0.367 e. The number of aromatic nitrogens is 2. The van der Waals surface area contributed by atoms with Crippen molar-refractivity contribution >= 4 is 17.4 Å². The Bertz CT molecular complexity index is 477. The average molecular weight is 313 g/mol. The van der Waals surface area contributed by atoms with Crippen molar-refractivity contribution in [2.24, 2.45) is 0 Å². The molecule has 1 aromatic rings. The lowest BCUT2D eigenvalue weighted by Crippen LogP contribution is -2.42. The molecule has 0 saturated heterocycles. The molecular formula is C16H25ClN2O2. The lowest BCUT2D eigenvalue weighted by molar-refractivity contribution is -0.0299. The molecule has 1 aliphatic carbocycles. The van der Waals surface area contributed by atoms with Crippen molar-refractivity contribution in [3.63, 3.8) is 0 Å². The standard InChI is InChI=1S/C16H25ClN2O2/c1-3-11-19-14(13(17)12-18-19)15(20)16(21-4-2)9-7-5-6-8-10-16/h12H,3-11H2,1-2H3. The first-order valence-electron chi connectivity index (χ1n) is 8.04. The molecule has 0 bridgehead atoms. The normalized spacial score (nSPS) is 18.4. The van der Waals surface area contributed by atoms with Gasteiger partial charge in [0.25, 0.3) is 0 Å². The second-order valence-corrected chi connectivity index (χ2v) is 6.14. The Hall–Kier alpha value is -0.870. The van der Waals surface area contributed by atoms with Gasteiger partial charge in [-0.25, -0.2) is 0 Å². The summed E-state index contributed by atoms with van der Waals surface area (Å²) in [6.45, 7) is 5.26. The van der Waals surface area contributed by atoms with Gasteiger partial charge in [0.15, 0.2) is 0 Å². The van der Waals surface area contributed by atoms with E-state index in [1.807, 2.05) is 6.92 Å². The zero-order chi connectivity index (χ0) is 15.3. The molecule has 0 aromatic carbocycles. The molecule has 0 unspecified atom stereocenters. The van der Waals surface area contributed by atoms with Gasteiger partial charge in [0, 0.05) is 13.2 Å². The summed E-state index contributed by atoms with van der Waals surface area (Å²) in [6, 6.07) is 0. The molecule has 0 atom stereocenters. The van der Waals surface area contributed by atoms with Crippen LogP contribution in [0.25, 0.3) is 0 Å². The van der Waals surface area contributed by atoms with Crippen LogP contribution < -0.4 is 0 Å². The summed E-state index contributed by atoms with van der Waals surface area (Å²) in [4.78, 5) is 13.2. The van der Waals surface area contributed by atoms with Crippen LogP contribution in [0.3, 0.4) is 0 Å². The topological polar surface area (TPSA) is 44.1 Å². The van der Waals surface area contributed by atoms with Crippen LogP contribution >= 0.6 is 11.6 Å². The number of hydrogen-bond donors (Lipinski definition) is 0. The molecule has 0 amide bonds. The van der Waals surface area contributed by atoms with Gasteiger partial charge in [-0.2, -0.15) is 5.10 Å². The van der Waals surface area contributed by atoms with E-state index in [4.69, 9.17) is 16.3 Å². The molecule has 2 rings (SSSR count). The van der Waals surface area contributed by atoms with Crippen molar-refractivity contribution in [2.75, 3.05) is 6.61 Å². The Labute approximate surface area is 131 Å². The minimum absolute atomic E-state index is 0.0159. The van der Waals surface area contributed by atoms with Crippen molar-refractivity contribution in [3.8, 4) is 0 Å². The molecule has 1 aliphatic rings. The minimum atomic E-state index is -0.708. The van der Waals surface area contributed by atoms with Crippen LogP contribution in [0, 0.1) is 0 Å². The molecule has 0 spiro atoms. The predicted octanol–water partition coefficient (Wildman–Crippen LogP) is 4.26. The van der Waals surface area contributed by atoms with Crippen LogP contribution in [0.15, 0.2) is 6.20 Å². The van der Waals surface area contributed by atoms with Crippen LogP contribution in [-0.4, -0.2) is 27.8 Å². The van der Waals surface area contributed by atoms with E-state index in [1.165, 1.54) is 12.8 Å². The number of aryl methyl sites for hydroxylation is 1. The summed E-state index contributed by atoms with van der Waals surface area (Å²) in [5.41, 5.74) is -0.186. The van der Waals surface area contributed by atoms with Crippen molar-refractivity contribution < 1.29 is 9.53 Å². The van der Waals surface area contributed by atoms with Crippen LogP contribution in [-0.2, 0) is 11.3 Å². The van der Waals surface area contributed by atoms with Crippen LogP contribution in [0.4, 0.5) is 0 Å². The van der Waals surface area contributed by atoms with Crippen LogP contribution in [0.5, 0.6) is 0 Å². The van der Waals surface area contributed by atoms with Gasteiger partial charge in [0.2, 0.25) is 5.78 Å². The first kappa shape index (κ1) is 16.5. The molecular weight excluding hydrogens is 288 g/mol. The average Bonchev–Trinajstić information content (AvgIpc) is 2.69. The number of Topliss-reactive ketones (excluding diaryl/α,β-unsaturated/α-hetero) is 1. The molecule has 118 valence electrons. The van der Waals surface area contributed by atoms with E-state index < -0.39 is 5.60 Å². The number of ketones is 1. The fraction of sp³-hybridized carbons (Fsp3) is 0.750. The van der Waals surface area contributed by atoms with E-state index in [0.29, 0.717) is 23.9 Å². The van der Waals surface area contributed by atoms with Gasteiger partial charge in [0.05, 0.1) is 11.2 Å². The highest BCUT2D eigenvalue weighted by molar-refractivity contribution is 6.34. The maximum absolute atomic E-state index is 13.2. The number of halogens is 1. The van der Waals surface area contributed by atoms with Crippen LogP contribution in [0.1, 0.15) is 69.3 Å².